The van der Waals surface area contributed by atoms with E-state index >= 15 is 0 Å². The third-order valence-corrected chi connectivity index (χ3v) is 3.48. The van der Waals surface area contributed by atoms with Gasteiger partial charge >= 0.3 is 12.1 Å². The van der Waals surface area contributed by atoms with Crippen LogP contribution in [0, 0.1) is 5.92 Å². The molecule has 0 saturated carbocycles. The number of amides is 1. The van der Waals surface area contributed by atoms with Gasteiger partial charge in [-0.15, -0.1) is 0 Å². The summed E-state index contributed by atoms with van der Waals surface area (Å²) in [6, 6.07) is 9.52. The SMILES string of the molecule is COC(=O)C/C=C/[C@@H](C)[C@H](COCc1ccccc1)NC(=O)OC. The third kappa shape index (κ3) is 7.78. The molecule has 132 valence electrons. The topological polar surface area (TPSA) is 73.9 Å². The Morgan fingerprint density at radius 3 is 2.50 bits per heavy atom. The van der Waals surface area contributed by atoms with E-state index in [0.717, 1.165) is 5.56 Å². The number of carbonyl (C=O) groups excluding carboxylic acids is 2. The van der Waals surface area contributed by atoms with E-state index in [9.17, 15) is 9.59 Å². The first-order chi connectivity index (χ1) is 11.6. The molecule has 0 aromatic heterocycles. The molecular formula is C18H25NO5. The summed E-state index contributed by atoms with van der Waals surface area (Å²) in [6.45, 7) is 2.72. The van der Waals surface area contributed by atoms with Crippen LogP contribution in [0.4, 0.5) is 4.79 Å². The maximum atomic E-state index is 11.5. The minimum absolute atomic E-state index is 0.0375. The van der Waals surface area contributed by atoms with Gasteiger partial charge in [0.05, 0.1) is 39.9 Å². The summed E-state index contributed by atoms with van der Waals surface area (Å²) >= 11 is 0. The minimum atomic E-state index is -0.517. The summed E-state index contributed by atoms with van der Waals surface area (Å²) in [5.74, 6) is -0.346. The van der Waals surface area contributed by atoms with Gasteiger partial charge in [-0.1, -0.05) is 49.4 Å². The Labute approximate surface area is 142 Å². The molecule has 1 amide bonds. The maximum Gasteiger partial charge on any atom is 0.407 e. The quantitative estimate of drug-likeness (QED) is 0.555. The van der Waals surface area contributed by atoms with Gasteiger partial charge in [-0.25, -0.2) is 4.79 Å². The molecular weight excluding hydrogens is 310 g/mol. The second-order valence-electron chi connectivity index (χ2n) is 5.31. The van der Waals surface area contributed by atoms with Crippen LogP contribution in [0.2, 0.25) is 0 Å². The van der Waals surface area contributed by atoms with Crippen molar-refractivity contribution in [3.63, 3.8) is 0 Å². The van der Waals surface area contributed by atoms with Crippen LogP contribution in [-0.2, 0) is 25.6 Å². The van der Waals surface area contributed by atoms with Crippen LogP contribution in [0.1, 0.15) is 18.9 Å². The van der Waals surface area contributed by atoms with Crippen molar-refractivity contribution >= 4 is 12.1 Å². The largest absolute Gasteiger partial charge is 0.469 e. The van der Waals surface area contributed by atoms with Gasteiger partial charge in [0, 0.05) is 0 Å². The lowest BCUT2D eigenvalue weighted by molar-refractivity contribution is -0.139. The lowest BCUT2D eigenvalue weighted by Crippen LogP contribution is -2.42. The monoisotopic (exact) mass is 335 g/mol. The second-order valence-corrected chi connectivity index (χ2v) is 5.31. The van der Waals surface area contributed by atoms with Crippen molar-refractivity contribution in [2.75, 3.05) is 20.8 Å². The maximum absolute atomic E-state index is 11.5. The van der Waals surface area contributed by atoms with Crippen LogP contribution in [0.5, 0.6) is 0 Å². The van der Waals surface area contributed by atoms with E-state index in [2.05, 4.69) is 14.8 Å². The van der Waals surface area contributed by atoms with E-state index in [-0.39, 0.29) is 24.3 Å². The molecule has 6 nitrogen and oxygen atoms in total. The predicted molar refractivity (Wildman–Crippen MR) is 90.4 cm³/mol. The van der Waals surface area contributed by atoms with Crippen molar-refractivity contribution in [3.05, 3.63) is 48.0 Å². The number of methoxy groups -OCH3 is 2. The number of nitrogens with one attached hydrogen (secondary N) is 1. The summed E-state index contributed by atoms with van der Waals surface area (Å²) in [5, 5.41) is 2.75. The number of benzene rings is 1. The number of hydrogen-bond donors (Lipinski definition) is 1. The molecule has 0 spiro atoms. The number of rotatable bonds is 9. The van der Waals surface area contributed by atoms with Gasteiger partial charge in [-0.3, -0.25) is 4.79 Å². The van der Waals surface area contributed by atoms with E-state index < -0.39 is 6.09 Å². The lowest BCUT2D eigenvalue weighted by atomic mass is 10.0. The third-order valence-electron chi connectivity index (χ3n) is 3.48. The highest BCUT2D eigenvalue weighted by atomic mass is 16.5. The van der Waals surface area contributed by atoms with Crippen LogP contribution in [0.3, 0.4) is 0 Å². The van der Waals surface area contributed by atoms with Gasteiger partial charge in [-0.05, 0) is 11.5 Å². The van der Waals surface area contributed by atoms with E-state index in [4.69, 9.17) is 4.74 Å². The molecule has 2 atom stereocenters. The molecule has 6 heteroatoms. The molecule has 0 radical (unpaired) electrons. The molecule has 0 saturated heterocycles. The molecule has 1 aromatic rings. The Kier molecular flexibility index (Phi) is 9.23. The Morgan fingerprint density at radius 2 is 1.88 bits per heavy atom. The molecule has 0 bridgehead atoms. The molecule has 1 rings (SSSR count). The van der Waals surface area contributed by atoms with E-state index in [0.29, 0.717) is 13.2 Å². The average molecular weight is 335 g/mol. The average Bonchev–Trinajstić information content (AvgIpc) is 2.61. The molecule has 0 heterocycles. The fraction of sp³-hybridized carbons (Fsp3) is 0.444. The van der Waals surface area contributed by atoms with Crippen molar-refractivity contribution in [1.29, 1.82) is 0 Å². The zero-order valence-corrected chi connectivity index (χ0v) is 14.4. The van der Waals surface area contributed by atoms with Gasteiger partial charge < -0.3 is 19.5 Å². The summed E-state index contributed by atoms with van der Waals surface area (Å²) < 4.78 is 14.9. The Bertz CT molecular complexity index is 529. The number of ether oxygens (including phenoxy) is 3. The summed E-state index contributed by atoms with van der Waals surface area (Å²) in [7, 11) is 2.66. The van der Waals surface area contributed by atoms with Crippen molar-refractivity contribution < 1.29 is 23.8 Å². The van der Waals surface area contributed by atoms with E-state index in [1.54, 1.807) is 6.08 Å². The van der Waals surface area contributed by atoms with Crippen molar-refractivity contribution in [2.45, 2.75) is 26.0 Å². The van der Waals surface area contributed by atoms with Crippen molar-refractivity contribution in [1.82, 2.24) is 5.32 Å². The van der Waals surface area contributed by atoms with Gasteiger partial charge in [0.2, 0.25) is 0 Å². The van der Waals surface area contributed by atoms with Gasteiger partial charge in [0.15, 0.2) is 0 Å². The summed E-state index contributed by atoms with van der Waals surface area (Å²) in [6.07, 6.45) is 3.25. The lowest BCUT2D eigenvalue weighted by Gasteiger charge is -2.22. The molecule has 0 aliphatic carbocycles. The van der Waals surface area contributed by atoms with E-state index in [1.807, 2.05) is 43.3 Å². The van der Waals surface area contributed by atoms with Crippen LogP contribution < -0.4 is 5.32 Å². The standard InChI is InChI=1S/C18H25NO5/c1-14(8-7-11-17(20)22-2)16(19-18(21)23-3)13-24-12-15-9-5-4-6-10-15/h4-10,14,16H,11-13H2,1-3H3,(H,19,21)/b8-7+/t14-,16+/m1/s1. The first-order valence-electron chi connectivity index (χ1n) is 7.76. The Morgan fingerprint density at radius 1 is 1.17 bits per heavy atom. The van der Waals surface area contributed by atoms with Gasteiger partial charge in [0.25, 0.3) is 0 Å². The first kappa shape index (κ1) is 19.7. The zero-order valence-electron chi connectivity index (χ0n) is 14.4. The Hall–Kier alpha value is -2.34. The molecule has 0 unspecified atom stereocenters. The number of esters is 1. The smallest absolute Gasteiger partial charge is 0.407 e. The molecule has 0 aliphatic rings. The van der Waals surface area contributed by atoms with E-state index in [1.165, 1.54) is 14.2 Å². The molecule has 1 aromatic carbocycles. The van der Waals surface area contributed by atoms with Gasteiger partial charge in [-0.2, -0.15) is 0 Å². The highest BCUT2D eigenvalue weighted by Crippen LogP contribution is 2.09. The molecule has 0 aliphatic heterocycles. The number of carbonyl (C=O) groups is 2. The zero-order chi connectivity index (χ0) is 17.8. The second kappa shape index (κ2) is 11.2. The fourth-order valence-electron chi connectivity index (χ4n) is 2.01. The highest BCUT2D eigenvalue weighted by molar-refractivity contribution is 5.70. The normalized spacial score (nSPS) is 13.3. The van der Waals surface area contributed by atoms with Crippen LogP contribution in [0.25, 0.3) is 0 Å². The fourth-order valence-corrected chi connectivity index (χ4v) is 2.01. The van der Waals surface area contributed by atoms with Crippen molar-refractivity contribution in [3.8, 4) is 0 Å². The van der Waals surface area contributed by atoms with Crippen LogP contribution in [-0.4, -0.2) is 38.9 Å². The first-order valence-corrected chi connectivity index (χ1v) is 7.76. The van der Waals surface area contributed by atoms with Gasteiger partial charge in [0.1, 0.15) is 0 Å². The molecule has 0 fully saturated rings. The van der Waals surface area contributed by atoms with Crippen LogP contribution in [0.15, 0.2) is 42.5 Å². The number of alkyl carbamates (subject to hydrolysis) is 1. The summed E-state index contributed by atoms with van der Waals surface area (Å²) in [5.41, 5.74) is 1.06. The molecule has 24 heavy (non-hydrogen) atoms. The molecule has 1 N–H and O–H groups in total. The minimum Gasteiger partial charge on any atom is -0.469 e. The predicted octanol–water partition coefficient (Wildman–Crippen LogP) is 2.68. The number of hydrogen-bond acceptors (Lipinski definition) is 5. The highest BCUT2D eigenvalue weighted by Gasteiger charge is 2.18. The van der Waals surface area contributed by atoms with Crippen LogP contribution >= 0.6 is 0 Å². The van der Waals surface area contributed by atoms with Crippen molar-refractivity contribution in [2.24, 2.45) is 5.92 Å². The summed E-state index contributed by atoms with van der Waals surface area (Å²) in [4.78, 5) is 22.6. The Balaban J connectivity index is 2.55.